The number of nitrogens with one attached hydrogen (secondary N) is 2. The van der Waals surface area contributed by atoms with Gasteiger partial charge in [-0.25, -0.2) is 14.8 Å². The first-order valence-corrected chi connectivity index (χ1v) is 17.8. The summed E-state index contributed by atoms with van der Waals surface area (Å²) in [5.74, 6) is 0.340. The molecule has 14 heteroatoms. The van der Waals surface area contributed by atoms with Crippen LogP contribution in [-0.4, -0.2) is 77.0 Å². The van der Waals surface area contributed by atoms with E-state index in [-0.39, 0.29) is 36.8 Å². The van der Waals surface area contributed by atoms with Crippen molar-refractivity contribution in [3.05, 3.63) is 28.1 Å². The molecule has 1 saturated heterocycles. The predicted molar refractivity (Wildman–Crippen MR) is 186 cm³/mol. The first-order valence-electron chi connectivity index (χ1n) is 16.1. The smallest absolute Gasteiger partial charge is 0.408 e. The maximum absolute atomic E-state index is 14.0. The van der Waals surface area contributed by atoms with Crippen molar-refractivity contribution < 1.29 is 33.4 Å². The first kappa shape index (κ1) is 35.5. The minimum absolute atomic E-state index is 0.132. The van der Waals surface area contributed by atoms with Gasteiger partial charge < -0.3 is 34.5 Å². The molecule has 0 bridgehead atoms. The Morgan fingerprint density at radius 1 is 1.08 bits per heavy atom. The highest BCUT2D eigenvalue weighted by molar-refractivity contribution is 9.10. The second-order valence-electron chi connectivity index (χ2n) is 13.6. The van der Waals surface area contributed by atoms with Crippen LogP contribution in [0.3, 0.4) is 0 Å². The third kappa shape index (κ3) is 7.91. The summed E-state index contributed by atoms with van der Waals surface area (Å²) in [7, 11) is 1.56. The summed E-state index contributed by atoms with van der Waals surface area (Å²) in [5.41, 5.74) is 0.959. The number of pyridine rings is 1. The van der Waals surface area contributed by atoms with Crippen molar-refractivity contribution in [3.8, 4) is 22.9 Å². The van der Waals surface area contributed by atoms with Gasteiger partial charge in [0, 0.05) is 29.2 Å². The van der Waals surface area contributed by atoms with E-state index < -0.39 is 29.7 Å². The van der Waals surface area contributed by atoms with E-state index in [1.54, 1.807) is 38.5 Å². The largest absolute Gasteiger partial charge is 0.495 e. The standard InChI is InChI=1S/C34H42BrN5O7S/c1-18(2)30(42)39-32-37-24(17-48-32)23-14-26(22-11-12-25(45-6)27(35)28(22)36-23)46-21-13-19(16-41)40(15-21)31(43)29(34(3,4)5)38-33(44)47-20-9-7-8-10-20/h11-12,14,16-21,29H,7-10,13,15H2,1-6H3,(H,38,44)(H,37,39,42)/t19-,21-,29+/m0/s1. The molecule has 258 valence electrons. The van der Waals surface area contributed by atoms with Crippen LogP contribution in [0.4, 0.5) is 9.93 Å². The number of hydrogen-bond donors (Lipinski definition) is 2. The zero-order valence-electron chi connectivity index (χ0n) is 28.0. The Morgan fingerprint density at radius 3 is 2.46 bits per heavy atom. The molecule has 0 spiro atoms. The average molecular weight is 745 g/mol. The molecule has 0 unspecified atom stereocenters. The number of methoxy groups -OCH3 is 1. The quantitative estimate of drug-likeness (QED) is 0.227. The minimum Gasteiger partial charge on any atom is -0.495 e. The molecule has 3 aromatic rings. The number of carbonyl (C=O) groups is 4. The first-order chi connectivity index (χ1) is 22.8. The van der Waals surface area contributed by atoms with Gasteiger partial charge in [0.1, 0.15) is 41.7 Å². The van der Waals surface area contributed by atoms with E-state index in [9.17, 15) is 19.2 Å². The normalized spacial score (nSPS) is 19.0. The number of aldehydes is 1. The molecule has 1 aliphatic carbocycles. The van der Waals surface area contributed by atoms with Crippen molar-refractivity contribution in [3.63, 3.8) is 0 Å². The maximum Gasteiger partial charge on any atom is 0.408 e. The predicted octanol–water partition coefficient (Wildman–Crippen LogP) is 6.35. The molecule has 5 rings (SSSR count). The van der Waals surface area contributed by atoms with Crippen LogP contribution in [0.5, 0.6) is 11.5 Å². The topological polar surface area (TPSA) is 149 Å². The number of nitrogens with zero attached hydrogens (tertiary/aromatic N) is 3. The van der Waals surface area contributed by atoms with E-state index >= 15 is 0 Å². The van der Waals surface area contributed by atoms with E-state index in [0.717, 1.165) is 32.0 Å². The lowest BCUT2D eigenvalue weighted by molar-refractivity contribution is -0.139. The van der Waals surface area contributed by atoms with Gasteiger partial charge in [-0.3, -0.25) is 9.59 Å². The van der Waals surface area contributed by atoms with Gasteiger partial charge in [0.15, 0.2) is 5.13 Å². The van der Waals surface area contributed by atoms with E-state index in [1.165, 1.54) is 16.2 Å². The number of anilines is 1. The zero-order valence-corrected chi connectivity index (χ0v) is 30.4. The summed E-state index contributed by atoms with van der Waals surface area (Å²) in [6.07, 6.45) is 3.34. The molecule has 3 heterocycles. The molecule has 1 saturated carbocycles. The molecule has 0 radical (unpaired) electrons. The number of halogens is 1. The molecule has 2 aliphatic rings. The molecule has 3 atom stereocenters. The second kappa shape index (κ2) is 14.8. The molecule has 2 aromatic heterocycles. The molecule has 1 aromatic carbocycles. The van der Waals surface area contributed by atoms with E-state index in [2.05, 4.69) is 31.5 Å². The van der Waals surface area contributed by atoms with Gasteiger partial charge in [0.25, 0.3) is 0 Å². The van der Waals surface area contributed by atoms with Gasteiger partial charge in [-0.05, 0) is 59.2 Å². The lowest BCUT2D eigenvalue weighted by Crippen LogP contribution is -2.56. The van der Waals surface area contributed by atoms with Crippen molar-refractivity contribution in [1.29, 1.82) is 0 Å². The van der Waals surface area contributed by atoms with Crippen LogP contribution in [0.15, 0.2) is 28.1 Å². The van der Waals surface area contributed by atoms with Crippen molar-refractivity contribution >= 4 is 67.5 Å². The van der Waals surface area contributed by atoms with E-state index in [0.29, 0.717) is 43.4 Å². The fourth-order valence-corrected chi connectivity index (χ4v) is 7.19. The Labute approximate surface area is 292 Å². The highest BCUT2D eigenvalue weighted by Gasteiger charge is 2.43. The monoisotopic (exact) mass is 743 g/mol. The Balaban J connectivity index is 1.41. The Morgan fingerprint density at radius 2 is 1.81 bits per heavy atom. The summed E-state index contributed by atoms with van der Waals surface area (Å²) in [5, 5.41) is 8.55. The molecule has 1 aliphatic heterocycles. The van der Waals surface area contributed by atoms with Crippen LogP contribution in [-0.2, 0) is 19.1 Å². The van der Waals surface area contributed by atoms with Crippen LogP contribution < -0.4 is 20.1 Å². The van der Waals surface area contributed by atoms with Crippen molar-refractivity contribution in [1.82, 2.24) is 20.2 Å². The minimum atomic E-state index is -0.917. The van der Waals surface area contributed by atoms with Gasteiger partial charge in [-0.2, -0.15) is 0 Å². The van der Waals surface area contributed by atoms with Gasteiger partial charge in [-0.1, -0.05) is 34.6 Å². The number of rotatable bonds is 10. The number of likely N-dealkylation sites (tertiary alicyclic amines) is 1. The van der Waals surface area contributed by atoms with Crippen molar-refractivity contribution in [2.45, 2.75) is 91.0 Å². The number of alkyl carbamates (subject to hydrolysis) is 1. The number of ether oxygens (including phenoxy) is 3. The van der Waals surface area contributed by atoms with Crippen molar-refractivity contribution in [2.24, 2.45) is 11.3 Å². The summed E-state index contributed by atoms with van der Waals surface area (Å²) in [6, 6.07) is 3.74. The highest BCUT2D eigenvalue weighted by Crippen LogP contribution is 2.40. The van der Waals surface area contributed by atoms with Crippen LogP contribution >= 0.6 is 27.3 Å². The van der Waals surface area contributed by atoms with Crippen molar-refractivity contribution in [2.75, 3.05) is 19.0 Å². The lowest BCUT2D eigenvalue weighted by atomic mass is 9.85. The summed E-state index contributed by atoms with van der Waals surface area (Å²) >= 11 is 4.91. The number of benzene rings is 1. The van der Waals surface area contributed by atoms with Gasteiger partial charge in [0.2, 0.25) is 11.8 Å². The molecular formula is C34H42BrN5O7S. The SMILES string of the molecule is COc1ccc2c(O[C@H]3C[C@@H](C=O)N(C(=O)[C@@H](NC(=O)OC4CCCC4)C(C)(C)C)C3)cc(-c3csc(NC(=O)C(C)C)n3)nc2c1Br. The Bertz CT molecular complexity index is 1680. The highest BCUT2D eigenvalue weighted by atomic mass is 79.9. The molecule has 2 fully saturated rings. The number of aromatic nitrogens is 2. The van der Waals surface area contributed by atoms with Crippen LogP contribution in [0, 0.1) is 11.3 Å². The van der Waals surface area contributed by atoms with Gasteiger partial charge >= 0.3 is 6.09 Å². The third-order valence-corrected chi connectivity index (χ3v) is 10.1. The molecule has 2 N–H and O–H groups in total. The summed E-state index contributed by atoms with van der Waals surface area (Å²) in [6.45, 7) is 9.33. The fourth-order valence-electron chi connectivity index (χ4n) is 5.89. The maximum atomic E-state index is 14.0. The number of thiazole rings is 1. The number of amides is 3. The lowest BCUT2D eigenvalue weighted by Gasteiger charge is -2.34. The second-order valence-corrected chi connectivity index (χ2v) is 15.2. The van der Waals surface area contributed by atoms with Crippen LogP contribution in [0.1, 0.15) is 66.7 Å². The van der Waals surface area contributed by atoms with Gasteiger partial charge in [-0.15, -0.1) is 11.3 Å². The third-order valence-electron chi connectivity index (χ3n) is 8.58. The Hall–Kier alpha value is -3.78. The average Bonchev–Trinajstić information content (AvgIpc) is 3.81. The molecule has 48 heavy (non-hydrogen) atoms. The number of carbonyl (C=O) groups excluding carboxylic acids is 4. The van der Waals surface area contributed by atoms with Gasteiger partial charge in [0.05, 0.1) is 35.4 Å². The summed E-state index contributed by atoms with van der Waals surface area (Å²) in [4.78, 5) is 62.3. The van der Waals surface area contributed by atoms with E-state index in [4.69, 9.17) is 19.2 Å². The molecule has 3 amide bonds. The number of fused-ring (bicyclic) bond motifs is 1. The fraction of sp³-hybridized carbons (Fsp3) is 0.529. The van der Waals surface area contributed by atoms with Crippen LogP contribution in [0.25, 0.3) is 22.3 Å². The molecule has 12 nitrogen and oxygen atoms in total. The summed E-state index contributed by atoms with van der Waals surface area (Å²) < 4.78 is 18.3. The van der Waals surface area contributed by atoms with E-state index in [1.807, 2.05) is 26.8 Å². The Kier molecular flexibility index (Phi) is 10.9. The zero-order chi connectivity index (χ0) is 34.7. The molecular weight excluding hydrogens is 702 g/mol. The number of hydrogen-bond acceptors (Lipinski definition) is 10. The van der Waals surface area contributed by atoms with Crippen LogP contribution in [0.2, 0.25) is 0 Å².